The van der Waals surface area contributed by atoms with Crippen LogP contribution in [-0.4, -0.2) is 6.04 Å². The molecule has 2 heteroatoms. The molecule has 1 aromatic carbocycles. The molecule has 0 saturated heterocycles. The van der Waals surface area contributed by atoms with Crippen LogP contribution in [0.15, 0.2) is 34.8 Å². The van der Waals surface area contributed by atoms with E-state index in [9.17, 15) is 0 Å². The third-order valence-electron chi connectivity index (χ3n) is 1.48. The molecule has 1 nitrogen and oxygen atoms in total. The molecule has 0 aliphatic rings. The van der Waals surface area contributed by atoms with Gasteiger partial charge in [-0.2, -0.15) is 0 Å². The zero-order chi connectivity index (χ0) is 10.1. The van der Waals surface area contributed by atoms with Gasteiger partial charge in [0.25, 0.3) is 0 Å². The van der Waals surface area contributed by atoms with Crippen LogP contribution in [0.4, 0.5) is 0 Å². The molecular weight excluding hydrogens is 226 g/mol. The van der Waals surface area contributed by atoms with Crippen LogP contribution in [0.25, 0.3) is 0 Å². The Morgan fingerprint density at radius 1 is 1.31 bits per heavy atom. The van der Waals surface area contributed by atoms with Crippen LogP contribution in [0.2, 0.25) is 0 Å². The Hall–Kier alpha value is -0.340. The van der Waals surface area contributed by atoms with Gasteiger partial charge in [-0.25, -0.2) is 0 Å². The van der Waals surface area contributed by atoms with Crippen molar-refractivity contribution in [3.63, 3.8) is 0 Å². The number of nitrogens with two attached hydrogens (primary N) is 1. The molecular formula is C11H18BrN. The van der Waals surface area contributed by atoms with Crippen LogP contribution in [-0.2, 0) is 0 Å². The fourth-order valence-electron chi connectivity index (χ4n) is 0.870. The minimum atomic E-state index is 0.398. The summed E-state index contributed by atoms with van der Waals surface area (Å²) in [6, 6.07) is 10.4. The summed E-state index contributed by atoms with van der Waals surface area (Å²) >= 11 is 3.31. The molecule has 2 N–H and O–H groups in total. The third kappa shape index (κ3) is 9.57. The van der Waals surface area contributed by atoms with E-state index >= 15 is 0 Å². The normalized spacial score (nSPS) is 11.4. The van der Waals surface area contributed by atoms with Crippen molar-refractivity contribution in [3.05, 3.63) is 34.8 Å². The summed E-state index contributed by atoms with van der Waals surface area (Å²) in [6.45, 7) is 4.17. The smallest absolute Gasteiger partial charge is 0.0175 e. The van der Waals surface area contributed by atoms with Crippen LogP contribution in [0.3, 0.4) is 0 Å². The van der Waals surface area contributed by atoms with Gasteiger partial charge in [0, 0.05) is 10.5 Å². The highest BCUT2D eigenvalue weighted by atomic mass is 79.9. The number of benzene rings is 1. The standard InChI is InChI=1S/C6H5Br.C5H13N/c7-6-4-2-1-3-5-6;1-3-4-5(2)6/h1-5H;5H,3-4,6H2,1-2H3. The topological polar surface area (TPSA) is 26.0 Å². The minimum absolute atomic E-state index is 0.398. The lowest BCUT2D eigenvalue weighted by atomic mass is 10.2. The zero-order valence-electron chi connectivity index (χ0n) is 8.33. The first-order valence-corrected chi connectivity index (χ1v) is 5.42. The second kappa shape index (κ2) is 8.27. The van der Waals surface area contributed by atoms with E-state index in [4.69, 9.17) is 5.73 Å². The van der Waals surface area contributed by atoms with Crippen molar-refractivity contribution in [3.8, 4) is 0 Å². The molecule has 0 aromatic heterocycles. The van der Waals surface area contributed by atoms with E-state index in [1.165, 1.54) is 6.42 Å². The van der Waals surface area contributed by atoms with Crippen molar-refractivity contribution in [1.82, 2.24) is 0 Å². The first kappa shape index (κ1) is 12.7. The van der Waals surface area contributed by atoms with Gasteiger partial charge < -0.3 is 5.73 Å². The quantitative estimate of drug-likeness (QED) is 0.845. The summed E-state index contributed by atoms with van der Waals surface area (Å²) in [7, 11) is 0. The van der Waals surface area contributed by atoms with Crippen molar-refractivity contribution in [1.29, 1.82) is 0 Å². The number of hydrogen-bond donors (Lipinski definition) is 1. The lowest BCUT2D eigenvalue weighted by Crippen LogP contribution is -2.13. The molecule has 0 amide bonds. The molecule has 0 bridgehead atoms. The van der Waals surface area contributed by atoms with Gasteiger partial charge in [0.05, 0.1) is 0 Å². The molecule has 0 fully saturated rings. The Bertz CT molecular complexity index is 197. The van der Waals surface area contributed by atoms with Crippen molar-refractivity contribution in [2.75, 3.05) is 0 Å². The van der Waals surface area contributed by atoms with Gasteiger partial charge in [-0.05, 0) is 25.5 Å². The Kier molecular flexibility index (Phi) is 8.05. The molecule has 74 valence electrons. The SMILES string of the molecule is Brc1ccccc1.CCCC(C)N. The lowest BCUT2D eigenvalue weighted by Gasteiger charge is -1.96. The summed E-state index contributed by atoms with van der Waals surface area (Å²) in [6.07, 6.45) is 2.36. The van der Waals surface area contributed by atoms with Crippen molar-refractivity contribution >= 4 is 15.9 Å². The molecule has 13 heavy (non-hydrogen) atoms. The van der Waals surface area contributed by atoms with Crippen molar-refractivity contribution in [2.45, 2.75) is 32.7 Å². The predicted octanol–water partition coefficient (Wildman–Crippen LogP) is 3.58. The molecule has 1 rings (SSSR count). The van der Waals surface area contributed by atoms with Crippen LogP contribution in [0.5, 0.6) is 0 Å². The fourth-order valence-corrected chi connectivity index (χ4v) is 1.18. The van der Waals surface area contributed by atoms with Crippen LogP contribution < -0.4 is 5.73 Å². The summed E-state index contributed by atoms with van der Waals surface area (Å²) < 4.78 is 1.13. The second-order valence-electron chi connectivity index (χ2n) is 3.06. The monoisotopic (exact) mass is 243 g/mol. The average Bonchev–Trinajstić information content (AvgIpc) is 2.06. The largest absolute Gasteiger partial charge is 0.328 e. The Balaban J connectivity index is 0.000000226. The van der Waals surface area contributed by atoms with Gasteiger partial charge in [0.2, 0.25) is 0 Å². The number of hydrogen-bond acceptors (Lipinski definition) is 1. The van der Waals surface area contributed by atoms with Crippen LogP contribution >= 0.6 is 15.9 Å². The van der Waals surface area contributed by atoms with E-state index in [0.29, 0.717) is 6.04 Å². The molecule has 1 unspecified atom stereocenters. The van der Waals surface area contributed by atoms with E-state index < -0.39 is 0 Å². The molecule has 1 aromatic rings. The summed E-state index contributed by atoms with van der Waals surface area (Å²) in [5.41, 5.74) is 5.40. The number of rotatable bonds is 2. The Morgan fingerprint density at radius 2 is 1.85 bits per heavy atom. The molecule has 0 spiro atoms. The first-order valence-electron chi connectivity index (χ1n) is 4.63. The highest BCUT2D eigenvalue weighted by molar-refractivity contribution is 9.10. The van der Waals surface area contributed by atoms with Crippen molar-refractivity contribution < 1.29 is 0 Å². The maximum Gasteiger partial charge on any atom is 0.0175 e. The van der Waals surface area contributed by atoms with E-state index in [-0.39, 0.29) is 0 Å². The molecule has 0 aliphatic heterocycles. The summed E-state index contributed by atoms with van der Waals surface area (Å²) in [5.74, 6) is 0. The van der Waals surface area contributed by atoms with E-state index in [1.807, 2.05) is 37.3 Å². The Morgan fingerprint density at radius 3 is 2.00 bits per heavy atom. The van der Waals surface area contributed by atoms with Gasteiger partial charge in [-0.1, -0.05) is 47.5 Å². The molecule has 0 radical (unpaired) electrons. The molecule has 0 aliphatic carbocycles. The summed E-state index contributed by atoms with van der Waals surface area (Å²) in [5, 5.41) is 0. The van der Waals surface area contributed by atoms with Gasteiger partial charge in [-0.3, -0.25) is 0 Å². The highest BCUT2D eigenvalue weighted by Gasteiger charge is 1.85. The zero-order valence-corrected chi connectivity index (χ0v) is 9.92. The maximum atomic E-state index is 5.40. The lowest BCUT2D eigenvalue weighted by molar-refractivity contribution is 0.653. The maximum absolute atomic E-state index is 5.40. The van der Waals surface area contributed by atoms with E-state index in [0.717, 1.165) is 10.9 Å². The molecule has 0 saturated carbocycles. The van der Waals surface area contributed by atoms with Crippen molar-refractivity contribution in [2.24, 2.45) is 5.73 Å². The highest BCUT2D eigenvalue weighted by Crippen LogP contribution is 2.05. The number of halogens is 1. The van der Waals surface area contributed by atoms with Gasteiger partial charge in [-0.15, -0.1) is 0 Å². The van der Waals surface area contributed by atoms with Gasteiger partial charge in [0.1, 0.15) is 0 Å². The second-order valence-corrected chi connectivity index (χ2v) is 3.98. The molecule has 0 heterocycles. The third-order valence-corrected chi connectivity index (χ3v) is 2.01. The molecule has 1 atom stereocenters. The summed E-state index contributed by atoms with van der Waals surface area (Å²) in [4.78, 5) is 0. The van der Waals surface area contributed by atoms with Crippen LogP contribution in [0.1, 0.15) is 26.7 Å². The first-order chi connectivity index (χ1) is 6.16. The average molecular weight is 244 g/mol. The predicted molar refractivity (Wildman–Crippen MR) is 62.7 cm³/mol. The Labute approximate surface area is 89.5 Å². The van der Waals surface area contributed by atoms with Gasteiger partial charge >= 0.3 is 0 Å². The van der Waals surface area contributed by atoms with E-state index in [1.54, 1.807) is 0 Å². The van der Waals surface area contributed by atoms with E-state index in [2.05, 4.69) is 22.9 Å². The van der Waals surface area contributed by atoms with Gasteiger partial charge in [0.15, 0.2) is 0 Å². The fraction of sp³-hybridized carbons (Fsp3) is 0.455. The van der Waals surface area contributed by atoms with Crippen LogP contribution in [0, 0.1) is 0 Å². The minimum Gasteiger partial charge on any atom is -0.328 e.